The van der Waals surface area contributed by atoms with Crippen LogP contribution in [0.25, 0.3) is 0 Å². The van der Waals surface area contributed by atoms with Gasteiger partial charge in [0.1, 0.15) is 6.61 Å². The highest BCUT2D eigenvalue weighted by atomic mass is 127. The third-order valence-corrected chi connectivity index (χ3v) is 3.18. The molecule has 0 aliphatic carbocycles. The normalized spacial score (nSPS) is 15.4. The molecule has 1 aliphatic heterocycles. The average Bonchev–Trinajstić information content (AvgIpc) is 2.61. The lowest BCUT2D eigenvalue weighted by Crippen LogP contribution is -2.03. The smallest absolute Gasteiger partial charge is 0.217 e. The molecule has 0 aromatic heterocycles. The lowest BCUT2D eigenvalue weighted by atomic mass is 10.2. The van der Waals surface area contributed by atoms with Crippen LogP contribution in [0.1, 0.15) is 5.56 Å². The van der Waals surface area contributed by atoms with E-state index in [9.17, 15) is 0 Å². The monoisotopic (exact) mass is 351 g/mol. The van der Waals surface area contributed by atoms with E-state index in [0.29, 0.717) is 6.61 Å². The molecule has 1 aromatic rings. The second-order valence-corrected chi connectivity index (χ2v) is 4.74. The third-order valence-electron chi connectivity index (χ3n) is 1.74. The Balaban J connectivity index is 2.43. The van der Waals surface area contributed by atoms with Gasteiger partial charge in [-0.2, -0.15) is 0 Å². The molecule has 0 N–H and O–H groups in total. The number of rotatable bonds is 1. The van der Waals surface area contributed by atoms with Crippen molar-refractivity contribution in [2.24, 2.45) is 4.99 Å². The molecule has 68 valence electrons. The molecule has 0 saturated carbocycles. The molecule has 2 nitrogen and oxygen atoms in total. The van der Waals surface area contributed by atoms with Gasteiger partial charge in [-0.1, -0.05) is 15.9 Å². The van der Waals surface area contributed by atoms with E-state index in [-0.39, 0.29) is 0 Å². The molecule has 0 atom stereocenters. The lowest BCUT2D eigenvalue weighted by Gasteiger charge is -2.04. The van der Waals surface area contributed by atoms with Crippen molar-refractivity contribution in [1.82, 2.24) is 0 Å². The van der Waals surface area contributed by atoms with Crippen molar-refractivity contribution in [2.75, 3.05) is 13.2 Å². The summed E-state index contributed by atoms with van der Waals surface area (Å²) < 4.78 is 7.62. The largest absolute Gasteiger partial charge is 0.475 e. The van der Waals surface area contributed by atoms with Gasteiger partial charge in [0, 0.05) is 8.04 Å². The van der Waals surface area contributed by atoms with Crippen molar-refractivity contribution < 1.29 is 4.74 Å². The maximum Gasteiger partial charge on any atom is 0.217 e. The second-order valence-electron chi connectivity index (χ2n) is 2.66. The number of aliphatic imine (C=N–C) groups is 1. The molecular formula is C9H7BrINO. The van der Waals surface area contributed by atoms with Crippen LogP contribution in [0.2, 0.25) is 0 Å². The van der Waals surface area contributed by atoms with E-state index < -0.39 is 0 Å². The van der Waals surface area contributed by atoms with Crippen LogP contribution in [0.5, 0.6) is 0 Å². The van der Waals surface area contributed by atoms with Crippen molar-refractivity contribution in [3.8, 4) is 0 Å². The number of benzene rings is 1. The predicted molar refractivity (Wildman–Crippen MR) is 64.2 cm³/mol. The van der Waals surface area contributed by atoms with Gasteiger partial charge in [-0.25, -0.2) is 4.99 Å². The van der Waals surface area contributed by atoms with Gasteiger partial charge in [0.25, 0.3) is 0 Å². The fourth-order valence-electron chi connectivity index (χ4n) is 1.16. The Hall–Kier alpha value is -0.100. The maximum absolute atomic E-state index is 5.40. The molecule has 2 rings (SSSR count). The molecular weight excluding hydrogens is 345 g/mol. The number of hydrogen-bond acceptors (Lipinski definition) is 2. The quantitative estimate of drug-likeness (QED) is 0.713. The van der Waals surface area contributed by atoms with E-state index in [4.69, 9.17) is 4.74 Å². The van der Waals surface area contributed by atoms with Crippen LogP contribution in [-0.4, -0.2) is 19.0 Å². The van der Waals surface area contributed by atoms with Crippen LogP contribution < -0.4 is 0 Å². The molecule has 0 fully saturated rings. The third kappa shape index (κ3) is 2.04. The number of halogens is 2. The highest BCUT2D eigenvalue weighted by Crippen LogP contribution is 2.20. The molecule has 0 spiro atoms. The minimum absolute atomic E-state index is 0.706. The summed E-state index contributed by atoms with van der Waals surface area (Å²) in [6.07, 6.45) is 0. The van der Waals surface area contributed by atoms with Crippen LogP contribution in [-0.2, 0) is 4.74 Å². The van der Waals surface area contributed by atoms with Crippen molar-refractivity contribution in [1.29, 1.82) is 0 Å². The van der Waals surface area contributed by atoms with Crippen molar-refractivity contribution >= 4 is 44.4 Å². The van der Waals surface area contributed by atoms with Crippen molar-refractivity contribution in [3.05, 3.63) is 31.8 Å². The summed E-state index contributed by atoms with van der Waals surface area (Å²) in [5, 5.41) is 0. The standard InChI is InChI=1S/C9H7BrINO/c10-6-1-2-8(11)7(5-6)9-12-3-4-13-9/h1-2,5H,3-4H2. The first-order chi connectivity index (χ1) is 6.27. The summed E-state index contributed by atoms with van der Waals surface area (Å²) in [6.45, 7) is 1.48. The molecule has 13 heavy (non-hydrogen) atoms. The lowest BCUT2D eigenvalue weighted by molar-refractivity contribution is 0.348. The van der Waals surface area contributed by atoms with Crippen LogP contribution in [0.4, 0.5) is 0 Å². The second kappa shape index (κ2) is 3.96. The van der Waals surface area contributed by atoms with E-state index >= 15 is 0 Å². The Bertz CT molecular complexity index is 365. The average molecular weight is 352 g/mol. The first kappa shape index (κ1) is 9.45. The van der Waals surface area contributed by atoms with Gasteiger partial charge >= 0.3 is 0 Å². The molecule has 0 saturated heterocycles. The Morgan fingerprint density at radius 3 is 3.00 bits per heavy atom. The van der Waals surface area contributed by atoms with Gasteiger partial charge in [-0.05, 0) is 40.8 Å². The minimum Gasteiger partial charge on any atom is -0.475 e. The predicted octanol–water partition coefficient (Wildman–Crippen LogP) is 2.83. The summed E-state index contributed by atoms with van der Waals surface area (Å²) in [4.78, 5) is 4.28. The van der Waals surface area contributed by atoms with Crippen molar-refractivity contribution in [2.45, 2.75) is 0 Å². The van der Waals surface area contributed by atoms with Gasteiger partial charge in [0.15, 0.2) is 0 Å². The number of nitrogens with zero attached hydrogens (tertiary/aromatic N) is 1. The van der Waals surface area contributed by atoms with Crippen LogP contribution in [0.3, 0.4) is 0 Å². The zero-order chi connectivity index (χ0) is 9.26. The first-order valence-electron chi connectivity index (χ1n) is 3.90. The number of ether oxygens (including phenoxy) is 1. The van der Waals surface area contributed by atoms with Gasteiger partial charge in [0.2, 0.25) is 5.90 Å². The topological polar surface area (TPSA) is 21.6 Å². The molecule has 1 aliphatic rings. The van der Waals surface area contributed by atoms with Gasteiger partial charge < -0.3 is 4.74 Å². The molecule has 0 amide bonds. The van der Waals surface area contributed by atoms with E-state index in [2.05, 4.69) is 43.5 Å². The SMILES string of the molecule is Brc1ccc(I)c(C2=NCCO2)c1. The summed E-state index contributed by atoms with van der Waals surface area (Å²) in [5.41, 5.74) is 1.08. The molecule has 0 bridgehead atoms. The summed E-state index contributed by atoms with van der Waals surface area (Å²) in [7, 11) is 0. The Morgan fingerprint density at radius 1 is 1.46 bits per heavy atom. The van der Waals surface area contributed by atoms with Crippen LogP contribution in [0, 0.1) is 3.57 Å². The number of hydrogen-bond donors (Lipinski definition) is 0. The fourth-order valence-corrected chi connectivity index (χ4v) is 2.09. The maximum atomic E-state index is 5.40. The zero-order valence-electron chi connectivity index (χ0n) is 6.76. The Kier molecular flexibility index (Phi) is 2.88. The summed E-state index contributed by atoms with van der Waals surface area (Å²) >= 11 is 5.71. The van der Waals surface area contributed by atoms with Crippen LogP contribution in [0.15, 0.2) is 27.7 Å². The van der Waals surface area contributed by atoms with Gasteiger partial charge in [-0.3, -0.25) is 0 Å². The summed E-state index contributed by atoms with van der Waals surface area (Å²) in [6, 6.07) is 6.09. The van der Waals surface area contributed by atoms with E-state index in [1.54, 1.807) is 0 Å². The molecule has 1 heterocycles. The van der Waals surface area contributed by atoms with Gasteiger partial charge in [-0.15, -0.1) is 0 Å². The Labute approximate surface area is 98.7 Å². The molecule has 0 radical (unpaired) electrons. The fraction of sp³-hybridized carbons (Fsp3) is 0.222. The Morgan fingerprint density at radius 2 is 2.31 bits per heavy atom. The van der Waals surface area contributed by atoms with Crippen molar-refractivity contribution in [3.63, 3.8) is 0 Å². The van der Waals surface area contributed by atoms with Crippen LogP contribution >= 0.6 is 38.5 Å². The highest BCUT2D eigenvalue weighted by molar-refractivity contribution is 14.1. The minimum atomic E-state index is 0.706. The van der Waals surface area contributed by atoms with E-state index in [0.717, 1.165) is 22.5 Å². The zero-order valence-corrected chi connectivity index (χ0v) is 10.5. The molecule has 0 unspecified atom stereocenters. The molecule has 1 aromatic carbocycles. The molecule has 4 heteroatoms. The highest BCUT2D eigenvalue weighted by Gasteiger charge is 2.13. The van der Waals surface area contributed by atoms with E-state index in [1.807, 2.05) is 18.2 Å². The first-order valence-corrected chi connectivity index (χ1v) is 5.77. The van der Waals surface area contributed by atoms with Gasteiger partial charge in [0.05, 0.1) is 12.1 Å². The van der Waals surface area contributed by atoms with E-state index in [1.165, 1.54) is 3.57 Å². The summed E-state index contributed by atoms with van der Waals surface area (Å²) in [5.74, 6) is 0.769.